The molecule has 0 bridgehead atoms. The third-order valence-electron chi connectivity index (χ3n) is 7.43. The first-order valence-corrected chi connectivity index (χ1v) is 14.7. The zero-order valence-corrected chi connectivity index (χ0v) is 23.4. The summed E-state index contributed by atoms with van der Waals surface area (Å²) in [5, 5.41) is 12.8. The SMILES string of the molecule is C[C@H]1CN([C@@H](C)CO)C(=O)c2cccc(NC(=O)C3CCOCC3)c2O[C@@H]1CN(C)S(=O)(=O)c1ccccc1. The Morgan fingerprint density at radius 1 is 1.15 bits per heavy atom. The molecule has 1 fully saturated rings. The average Bonchev–Trinajstić information content (AvgIpc) is 2.95. The van der Waals surface area contributed by atoms with Crippen LogP contribution in [0, 0.1) is 11.8 Å². The number of aliphatic hydroxyl groups is 1. The van der Waals surface area contributed by atoms with Gasteiger partial charge >= 0.3 is 0 Å². The lowest BCUT2D eigenvalue weighted by molar-refractivity contribution is -0.122. The molecule has 39 heavy (non-hydrogen) atoms. The summed E-state index contributed by atoms with van der Waals surface area (Å²) in [5.41, 5.74) is 0.590. The number of anilines is 1. The molecule has 2 aromatic carbocycles. The van der Waals surface area contributed by atoms with Gasteiger partial charge in [-0.25, -0.2) is 8.42 Å². The first-order valence-electron chi connectivity index (χ1n) is 13.2. The van der Waals surface area contributed by atoms with Gasteiger partial charge in [-0.05, 0) is 44.0 Å². The molecule has 0 saturated carbocycles. The summed E-state index contributed by atoms with van der Waals surface area (Å²) < 4.78 is 39.6. The largest absolute Gasteiger partial charge is 0.486 e. The van der Waals surface area contributed by atoms with Crippen LogP contribution in [0.4, 0.5) is 5.69 Å². The van der Waals surface area contributed by atoms with Gasteiger partial charge in [-0.1, -0.05) is 31.2 Å². The van der Waals surface area contributed by atoms with Crippen molar-refractivity contribution in [2.24, 2.45) is 11.8 Å². The van der Waals surface area contributed by atoms with Crippen LogP contribution in [0.5, 0.6) is 5.75 Å². The standard InChI is InChI=1S/C28H37N3O7S/c1-19-16-31(20(2)18-32)28(34)23-10-7-11-24(29-27(33)21-12-14-37-15-13-21)26(23)38-25(19)17-30(3)39(35,36)22-8-5-4-6-9-22/h4-11,19-21,25,32H,12-18H2,1-3H3,(H,29,33)/t19-,20-,25+/m0/s1. The summed E-state index contributed by atoms with van der Waals surface area (Å²) in [6, 6.07) is 12.7. The highest BCUT2D eigenvalue weighted by atomic mass is 32.2. The highest BCUT2D eigenvalue weighted by Crippen LogP contribution is 2.36. The lowest BCUT2D eigenvalue weighted by Gasteiger charge is -2.38. The Morgan fingerprint density at radius 3 is 2.51 bits per heavy atom. The molecule has 212 valence electrons. The van der Waals surface area contributed by atoms with Gasteiger partial charge in [0.25, 0.3) is 5.91 Å². The second kappa shape index (κ2) is 12.5. The minimum atomic E-state index is -3.80. The Kier molecular flexibility index (Phi) is 9.27. The van der Waals surface area contributed by atoms with Crippen LogP contribution in [-0.4, -0.2) is 86.6 Å². The number of benzene rings is 2. The number of aliphatic hydroxyl groups excluding tert-OH is 1. The Hall–Kier alpha value is -2.99. The van der Waals surface area contributed by atoms with E-state index < -0.39 is 22.2 Å². The molecule has 0 aromatic heterocycles. The molecule has 4 rings (SSSR count). The van der Waals surface area contributed by atoms with Gasteiger partial charge in [0, 0.05) is 38.6 Å². The van der Waals surface area contributed by atoms with Crippen LogP contribution < -0.4 is 10.1 Å². The highest BCUT2D eigenvalue weighted by Gasteiger charge is 2.36. The maximum Gasteiger partial charge on any atom is 0.258 e. The molecule has 0 radical (unpaired) electrons. The second-order valence-corrected chi connectivity index (χ2v) is 12.3. The fourth-order valence-electron chi connectivity index (χ4n) is 4.88. The maximum atomic E-state index is 13.6. The zero-order valence-electron chi connectivity index (χ0n) is 22.6. The Morgan fingerprint density at radius 2 is 1.85 bits per heavy atom. The molecule has 0 aliphatic carbocycles. The number of carbonyl (C=O) groups excluding carboxylic acids is 2. The first-order chi connectivity index (χ1) is 18.6. The number of hydrogen-bond donors (Lipinski definition) is 2. The predicted octanol–water partition coefficient (Wildman–Crippen LogP) is 2.59. The van der Waals surface area contributed by atoms with Crippen LogP contribution in [0.2, 0.25) is 0 Å². The summed E-state index contributed by atoms with van der Waals surface area (Å²) in [5.74, 6) is -0.839. The van der Waals surface area contributed by atoms with Crippen molar-refractivity contribution in [2.45, 2.75) is 43.7 Å². The Bertz CT molecular complexity index is 1270. The highest BCUT2D eigenvalue weighted by molar-refractivity contribution is 7.89. The third-order valence-corrected chi connectivity index (χ3v) is 9.27. The fourth-order valence-corrected chi connectivity index (χ4v) is 6.08. The molecule has 2 aromatic rings. The van der Waals surface area contributed by atoms with Crippen LogP contribution in [-0.2, 0) is 19.6 Å². The molecular formula is C28H37N3O7S. The number of nitrogens with one attached hydrogen (secondary N) is 1. The van der Waals surface area contributed by atoms with Crippen molar-refractivity contribution in [2.75, 3.05) is 45.3 Å². The number of sulfonamides is 1. The van der Waals surface area contributed by atoms with E-state index in [1.54, 1.807) is 48.2 Å². The van der Waals surface area contributed by atoms with E-state index >= 15 is 0 Å². The van der Waals surface area contributed by atoms with Gasteiger partial charge in [-0.2, -0.15) is 4.31 Å². The average molecular weight is 560 g/mol. The molecule has 2 heterocycles. The topological polar surface area (TPSA) is 125 Å². The summed E-state index contributed by atoms with van der Waals surface area (Å²) >= 11 is 0. The van der Waals surface area contributed by atoms with E-state index in [1.807, 2.05) is 6.92 Å². The Balaban J connectivity index is 1.69. The number of hydrogen-bond acceptors (Lipinski definition) is 7. The van der Waals surface area contributed by atoms with Gasteiger partial charge in [-0.3, -0.25) is 9.59 Å². The summed E-state index contributed by atoms with van der Waals surface area (Å²) in [7, 11) is -2.30. The fraction of sp³-hybridized carbons (Fsp3) is 0.500. The molecule has 3 atom stereocenters. The zero-order chi connectivity index (χ0) is 28.2. The predicted molar refractivity (Wildman–Crippen MR) is 146 cm³/mol. The van der Waals surface area contributed by atoms with E-state index in [-0.39, 0.29) is 59.6 Å². The second-order valence-electron chi connectivity index (χ2n) is 10.3. The number of carbonyl (C=O) groups is 2. The lowest BCUT2D eigenvalue weighted by atomic mass is 9.98. The van der Waals surface area contributed by atoms with Crippen LogP contribution in [0.3, 0.4) is 0 Å². The van der Waals surface area contributed by atoms with Crippen molar-refractivity contribution in [1.82, 2.24) is 9.21 Å². The van der Waals surface area contributed by atoms with Crippen molar-refractivity contribution in [3.63, 3.8) is 0 Å². The first kappa shape index (κ1) is 29.0. The number of likely N-dealkylation sites (N-methyl/N-ethyl adjacent to an activating group) is 1. The van der Waals surface area contributed by atoms with Crippen LogP contribution >= 0.6 is 0 Å². The molecular weight excluding hydrogens is 522 g/mol. The van der Waals surface area contributed by atoms with Crippen molar-refractivity contribution in [3.8, 4) is 5.75 Å². The Labute approximate surface area is 229 Å². The van der Waals surface area contributed by atoms with E-state index in [0.29, 0.717) is 31.7 Å². The number of amides is 2. The maximum absolute atomic E-state index is 13.6. The van der Waals surface area contributed by atoms with Gasteiger partial charge in [0.2, 0.25) is 15.9 Å². The third kappa shape index (κ3) is 6.43. The number of para-hydroxylation sites is 1. The van der Waals surface area contributed by atoms with Crippen molar-refractivity contribution in [1.29, 1.82) is 0 Å². The van der Waals surface area contributed by atoms with Crippen molar-refractivity contribution >= 4 is 27.5 Å². The number of nitrogens with zero attached hydrogens (tertiary/aromatic N) is 2. The molecule has 0 unspecified atom stereocenters. The number of rotatable bonds is 8. The summed E-state index contributed by atoms with van der Waals surface area (Å²) in [6.07, 6.45) is 0.545. The van der Waals surface area contributed by atoms with Gasteiger partial charge in [0.1, 0.15) is 6.10 Å². The van der Waals surface area contributed by atoms with Crippen molar-refractivity contribution < 1.29 is 32.6 Å². The van der Waals surface area contributed by atoms with Crippen molar-refractivity contribution in [3.05, 3.63) is 54.1 Å². The molecule has 1 saturated heterocycles. The monoisotopic (exact) mass is 559 g/mol. The number of ether oxygens (including phenoxy) is 2. The molecule has 2 aliphatic heterocycles. The molecule has 2 amide bonds. The van der Waals surface area contributed by atoms with E-state index in [9.17, 15) is 23.1 Å². The molecule has 2 N–H and O–H groups in total. The van der Waals surface area contributed by atoms with Crippen LogP contribution in [0.25, 0.3) is 0 Å². The normalized spacial score (nSPS) is 21.5. The quantitative estimate of drug-likeness (QED) is 0.509. The van der Waals surface area contributed by atoms with Crippen LogP contribution in [0.15, 0.2) is 53.4 Å². The van der Waals surface area contributed by atoms with E-state index in [1.165, 1.54) is 23.5 Å². The molecule has 10 nitrogen and oxygen atoms in total. The summed E-state index contributed by atoms with van der Waals surface area (Å²) in [4.78, 5) is 28.5. The van der Waals surface area contributed by atoms with Gasteiger partial charge < -0.3 is 24.8 Å². The lowest BCUT2D eigenvalue weighted by Crippen LogP contribution is -2.50. The van der Waals surface area contributed by atoms with Gasteiger partial charge in [-0.15, -0.1) is 0 Å². The van der Waals surface area contributed by atoms with Gasteiger partial charge in [0.05, 0.1) is 35.3 Å². The van der Waals surface area contributed by atoms with E-state index in [0.717, 1.165) is 0 Å². The smallest absolute Gasteiger partial charge is 0.258 e. The minimum absolute atomic E-state index is 0.00954. The summed E-state index contributed by atoms with van der Waals surface area (Å²) in [6.45, 7) is 4.68. The minimum Gasteiger partial charge on any atom is -0.486 e. The molecule has 0 spiro atoms. The van der Waals surface area contributed by atoms with Gasteiger partial charge in [0.15, 0.2) is 5.75 Å². The van der Waals surface area contributed by atoms with E-state index in [2.05, 4.69) is 5.32 Å². The molecule has 11 heteroatoms. The number of fused-ring (bicyclic) bond motifs is 1. The van der Waals surface area contributed by atoms with Crippen LogP contribution in [0.1, 0.15) is 37.0 Å². The molecule has 2 aliphatic rings. The van der Waals surface area contributed by atoms with E-state index in [4.69, 9.17) is 9.47 Å².